The van der Waals surface area contributed by atoms with Crippen LogP contribution in [0, 0.1) is 0 Å². The molecular formula is C14H22N2O. The van der Waals surface area contributed by atoms with Crippen LogP contribution in [0.1, 0.15) is 44.0 Å². The zero-order valence-corrected chi connectivity index (χ0v) is 11.0. The fraction of sp³-hybridized carbons (Fsp3) is 0.643. The maximum Gasteiger partial charge on any atom is 0.0746 e. The van der Waals surface area contributed by atoms with Crippen LogP contribution in [-0.4, -0.2) is 24.2 Å². The van der Waals surface area contributed by atoms with Crippen molar-refractivity contribution >= 4 is 0 Å². The van der Waals surface area contributed by atoms with Crippen molar-refractivity contribution in [3.8, 4) is 0 Å². The number of nitrogens with one attached hydrogen (secondary N) is 1. The number of pyridine rings is 1. The van der Waals surface area contributed by atoms with Crippen LogP contribution in [0.3, 0.4) is 0 Å². The largest absolute Gasteiger partial charge is 0.377 e. The highest BCUT2D eigenvalue weighted by atomic mass is 16.5. The number of aromatic nitrogens is 1. The normalized spacial score (nSPS) is 20.1. The molecule has 1 atom stereocenters. The zero-order valence-electron chi connectivity index (χ0n) is 11.0. The Morgan fingerprint density at radius 2 is 2.35 bits per heavy atom. The van der Waals surface area contributed by atoms with E-state index in [1.807, 2.05) is 12.3 Å². The highest BCUT2D eigenvalue weighted by molar-refractivity contribution is 5.25. The number of aryl methyl sites for hydroxylation is 1. The highest BCUT2D eigenvalue weighted by Crippen LogP contribution is 2.27. The van der Waals surface area contributed by atoms with Crippen LogP contribution in [0.2, 0.25) is 0 Å². The summed E-state index contributed by atoms with van der Waals surface area (Å²) in [6.45, 7) is 5.05. The lowest BCUT2D eigenvalue weighted by atomic mass is 9.91. The fourth-order valence-corrected chi connectivity index (χ4v) is 2.25. The molecule has 1 N–H and O–H groups in total. The summed E-state index contributed by atoms with van der Waals surface area (Å²) in [6, 6.07) is 4.60. The van der Waals surface area contributed by atoms with Crippen molar-refractivity contribution in [2.45, 2.75) is 44.8 Å². The number of hydrogen-bond donors (Lipinski definition) is 1. The molecule has 1 heterocycles. The molecule has 2 rings (SSSR count). The maximum absolute atomic E-state index is 5.43. The van der Waals surface area contributed by atoms with Gasteiger partial charge in [-0.2, -0.15) is 0 Å². The van der Waals surface area contributed by atoms with Gasteiger partial charge in [0.25, 0.3) is 0 Å². The second-order valence-electron chi connectivity index (χ2n) is 5.34. The Morgan fingerprint density at radius 3 is 3.12 bits per heavy atom. The number of rotatable bonds is 4. The lowest BCUT2D eigenvalue weighted by molar-refractivity contribution is 0.0204. The molecule has 0 saturated heterocycles. The van der Waals surface area contributed by atoms with E-state index in [1.54, 1.807) is 7.11 Å². The van der Waals surface area contributed by atoms with Crippen LogP contribution in [0.15, 0.2) is 18.3 Å². The van der Waals surface area contributed by atoms with Gasteiger partial charge in [-0.3, -0.25) is 4.98 Å². The third-order valence-corrected chi connectivity index (χ3v) is 3.52. The fourth-order valence-electron chi connectivity index (χ4n) is 2.25. The predicted molar refractivity (Wildman–Crippen MR) is 69.0 cm³/mol. The summed E-state index contributed by atoms with van der Waals surface area (Å²) in [6.07, 6.45) is 5.46. The summed E-state index contributed by atoms with van der Waals surface area (Å²) in [7, 11) is 1.76. The van der Waals surface area contributed by atoms with E-state index in [1.165, 1.54) is 24.1 Å². The van der Waals surface area contributed by atoms with Crippen molar-refractivity contribution in [1.82, 2.24) is 10.3 Å². The van der Waals surface area contributed by atoms with Crippen LogP contribution in [0.4, 0.5) is 0 Å². The van der Waals surface area contributed by atoms with Crippen molar-refractivity contribution in [3.05, 3.63) is 29.6 Å². The van der Waals surface area contributed by atoms with Crippen LogP contribution < -0.4 is 5.32 Å². The Morgan fingerprint density at radius 1 is 1.53 bits per heavy atom. The van der Waals surface area contributed by atoms with Gasteiger partial charge in [0.1, 0.15) is 0 Å². The summed E-state index contributed by atoms with van der Waals surface area (Å²) in [4.78, 5) is 4.52. The summed E-state index contributed by atoms with van der Waals surface area (Å²) in [5.74, 6) is 0. The number of nitrogens with zero attached hydrogens (tertiary/aromatic N) is 1. The molecule has 1 aliphatic rings. The summed E-state index contributed by atoms with van der Waals surface area (Å²) in [5.41, 5.74) is 2.50. The average molecular weight is 234 g/mol. The quantitative estimate of drug-likeness (QED) is 0.869. The first kappa shape index (κ1) is 12.5. The van der Waals surface area contributed by atoms with E-state index >= 15 is 0 Å². The number of fused-ring (bicyclic) bond motifs is 1. The molecule has 0 fully saturated rings. The minimum absolute atomic E-state index is 0.119. The molecule has 0 amide bonds. The molecule has 3 nitrogen and oxygen atoms in total. The van der Waals surface area contributed by atoms with Crippen molar-refractivity contribution < 1.29 is 4.74 Å². The van der Waals surface area contributed by atoms with E-state index in [-0.39, 0.29) is 5.60 Å². The first-order valence-electron chi connectivity index (χ1n) is 6.35. The summed E-state index contributed by atoms with van der Waals surface area (Å²) in [5, 5.41) is 3.58. The second kappa shape index (κ2) is 5.15. The van der Waals surface area contributed by atoms with Crippen LogP contribution in [0.25, 0.3) is 0 Å². The van der Waals surface area contributed by atoms with E-state index in [0.717, 1.165) is 13.0 Å². The van der Waals surface area contributed by atoms with Gasteiger partial charge in [0.05, 0.1) is 11.3 Å². The Hall–Kier alpha value is -0.930. The van der Waals surface area contributed by atoms with E-state index in [0.29, 0.717) is 6.04 Å². The molecule has 3 heteroatoms. The smallest absolute Gasteiger partial charge is 0.0746 e. The average Bonchev–Trinajstić information content (AvgIpc) is 2.36. The molecular weight excluding hydrogens is 212 g/mol. The first-order valence-corrected chi connectivity index (χ1v) is 6.35. The van der Waals surface area contributed by atoms with Crippen LogP contribution in [0.5, 0.6) is 0 Å². The van der Waals surface area contributed by atoms with E-state index in [4.69, 9.17) is 4.74 Å². The summed E-state index contributed by atoms with van der Waals surface area (Å²) < 4.78 is 5.43. The number of hydrogen-bond acceptors (Lipinski definition) is 3. The summed E-state index contributed by atoms with van der Waals surface area (Å²) >= 11 is 0. The number of ether oxygens (including phenoxy) is 1. The van der Waals surface area contributed by atoms with E-state index in [2.05, 4.69) is 30.2 Å². The Balaban J connectivity index is 2.04. The minimum atomic E-state index is -0.119. The van der Waals surface area contributed by atoms with Crippen LogP contribution in [-0.2, 0) is 11.2 Å². The molecule has 0 bridgehead atoms. The standard InChI is InChI=1S/C14H22N2O/c1-14(2,17-3)10-16-12-8-4-6-11-7-5-9-15-13(11)12/h5,7,9,12,16H,4,6,8,10H2,1-3H3. The molecule has 1 aliphatic carbocycles. The van der Waals surface area contributed by atoms with Gasteiger partial charge >= 0.3 is 0 Å². The SMILES string of the molecule is COC(C)(C)CNC1CCCc2cccnc21. The lowest BCUT2D eigenvalue weighted by Gasteiger charge is -2.30. The van der Waals surface area contributed by atoms with Gasteiger partial charge in [-0.15, -0.1) is 0 Å². The molecule has 94 valence electrons. The molecule has 0 radical (unpaired) electrons. The van der Waals surface area contributed by atoms with Gasteiger partial charge < -0.3 is 10.1 Å². The molecule has 17 heavy (non-hydrogen) atoms. The van der Waals surface area contributed by atoms with E-state index < -0.39 is 0 Å². The third kappa shape index (κ3) is 3.05. The molecule has 0 saturated carbocycles. The Kier molecular flexibility index (Phi) is 3.79. The molecule has 1 aromatic rings. The third-order valence-electron chi connectivity index (χ3n) is 3.52. The molecule has 1 unspecified atom stereocenters. The monoisotopic (exact) mass is 234 g/mol. The maximum atomic E-state index is 5.43. The van der Waals surface area contributed by atoms with Gasteiger partial charge in [0.2, 0.25) is 0 Å². The van der Waals surface area contributed by atoms with Gasteiger partial charge in [-0.05, 0) is 44.7 Å². The highest BCUT2D eigenvalue weighted by Gasteiger charge is 2.24. The Labute approximate surface area is 104 Å². The lowest BCUT2D eigenvalue weighted by Crippen LogP contribution is -2.39. The minimum Gasteiger partial charge on any atom is -0.377 e. The predicted octanol–water partition coefficient (Wildman–Crippen LogP) is 2.47. The topological polar surface area (TPSA) is 34.1 Å². The second-order valence-corrected chi connectivity index (χ2v) is 5.34. The molecule has 0 spiro atoms. The van der Waals surface area contributed by atoms with Crippen molar-refractivity contribution in [2.24, 2.45) is 0 Å². The molecule has 0 aliphatic heterocycles. The first-order chi connectivity index (χ1) is 8.12. The van der Waals surface area contributed by atoms with Crippen LogP contribution >= 0.6 is 0 Å². The van der Waals surface area contributed by atoms with Crippen molar-refractivity contribution in [2.75, 3.05) is 13.7 Å². The molecule has 0 aromatic carbocycles. The van der Waals surface area contributed by atoms with E-state index in [9.17, 15) is 0 Å². The van der Waals surface area contributed by atoms with Gasteiger partial charge in [0, 0.05) is 25.9 Å². The Bertz CT molecular complexity index is 376. The van der Waals surface area contributed by atoms with Gasteiger partial charge in [-0.25, -0.2) is 0 Å². The number of methoxy groups -OCH3 is 1. The van der Waals surface area contributed by atoms with Gasteiger partial charge in [0.15, 0.2) is 0 Å². The van der Waals surface area contributed by atoms with Crippen molar-refractivity contribution in [1.29, 1.82) is 0 Å². The van der Waals surface area contributed by atoms with Gasteiger partial charge in [-0.1, -0.05) is 6.07 Å². The zero-order chi connectivity index (χ0) is 12.3. The molecule has 1 aromatic heterocycles. The van der Waals surface area contributed by atoms with Crippen molar-refractivity contribution in [3.63, 3.8) is 0 Å².